The Kier molecular flexibility index (Phi) is 5.56. The van der Waals surface area contributed by atoms with Crippen molar-refractivity contribution in [1.29, 1.82) is 0 Å². The molecule has 2 aromatic carbocycles. The molecule has 1 fully saturated rings. The Labute approximate surface area is 154 Å². The van der Waals surface area contributed by atoms with Gasteiger partial charge in [0.05, 0.1) is 13.0 Å². The van der Waals surface area contributed by atoms with E-state index >= 15 is 0 Å². The van der Waals surface area contributed by atoms with Crippen LogP contribution in [0, 0.1) is 12.8 Å². The molecule has 3 rings (SSSR count). The van der Waals surface area contributed by atoms with E-state index in [2.05, 4.69) is 5.32 Å². The minimum atomic E-state index is -0.299. The normalized spacial score (nSPS) is 16.6. The molecule has 0 spiro atoms. The van der Waals surface area contributed by atoms with E-state index in [1.165, 1.54) is 0 Å². The number of benzene rings is 2. The Hall–Kier alpha value is -2.82. The second kappa shape index (κ2) is 8.04. The van der Waals surface area contributed by atoms with Gasteiger partial charge in [0, 0.05) is 25.2 Å². The summed E-state index contributed by atoms with van der Waals surface area (Å²) in [5.41, 5.74) is 2.93. The summed E-state index contributed by atoms with van der Waals surface area (Å²) in [7, 11) is 1.64. The molecule has 1 atom stereocenters. The van der Waals surface area contributed by atoms with Crippen molar-refractivity contribution in [2.45, 2.75) is 19.8 Å². The number of anilines is 1. The predicted molar refractivity (Wildman–Crippen MR) is 101 cm³/mol. The van der Waals surface area contributed by atoms with Gasteiger partial charge in [-0.05, 0) is 42.7 Å². The van der Waals surface area contributed by atoms with Gasteiger partial charge in [-0.2, -0.15) is 0 Å². The zero-order valence-corrected chi connectivity index (χ0v) is 15.2. The highest BCUT2D eigenvalue weighted by molar-refractivity contribution is 5.97. The summed E-state index contributed by atoms with van der Waals surface area (Å²) in [6.07, 6.45) is 1.02. The van der Waals surface area contributed by atoms with Crippen LogP contribution < -0.4 is 10.1 Å². The van der Waals surface area contributed by atoms with Crippen molar-refractivity contribution in [3.05, 3.63) is 59.7 Å². The van der Waals surface area contributed by atoms with Gasteiger partial charge in [-0.25, -0.2) is 0 Å². The Balaban J connectivity index is 1.56. The number of nitrogens with one attached hydrogen (secondary N) is 1. The van der Waals surface area contributed by atoms with Gasteiger partial charge in [0.1, 0.15) is 5.75 Å². The summed E-state index contributed by atoms with van der Waals surface area (Å²) in [4.78, 5) is 26.6. The lowest BCUT2D eigenvalue weighted by Crippen LogP contribution is -2.30. The number of carbonyl (C=O) groups excluding carboxylic acids is 2. The average Bonchev–Trinajstić information content (AvgIpc) is 3.03. The molecular formula is C21H24N2O3. The van der Waals surface area contributed by atoms with Crippen LogP contribution in [0.1, 0.15) is 17.5 Å². The highest BCUT2D eigenvalue weighted by Gasteiger charge is 2.34. The first-order chi connectivity index (χ1) is 12.6. The Morgan fingerprint density at radius 1 is 1.23 bits per heavy atom. The average molecular weight is 352 g/mol. The number of rotatable bonds is 6. The van der Waals surface area contributed by atoms with Gasteiger partial charge in [-0.15, -0.1) is 0 Å². The largest absolute Gasteiger partial charge is 0.497 e. The van der Waals surface area contributed by atoms with Crippen LogP contribution in [0.3, 0.4) is 0 Å². The van der Waals surface area contributed by atoms with Crippen molar-refractivity contribution in [1.82, 2.24) is 4.90 Å². The van der Waals surface area contributed by atoms with Gasteiger partial charge in [0.15, 0.2) is 0 Å². The molecule has 1 unspecified atom stereocenters. The number of hydrogen-bond donors (Lipinski definition) is 1. The molecule has 5 nitrogen and oxygen atoms in total. The minimum Gasteiger partial charge on any atom is -0.497 e. The maximum atomic E-state index is 12.5. The zero-order chi connectivity index (χ0) is 18.5. The molecule has 1 N–H and O–H groups in total. The van der Waals surface area contributed by atoms with Gasteiger partial charge in [0.2, 0.25) is 11.8 Å². The lowest BCUT2D eigenvalue weighted by molar-refractivity contribution is -0.128. The van der Waals surface area contributed by atoms with Crippen molar-refractivity contribution < 1.29 is 14.3 Å². The first kappa shape index (κ1) is 18.0. The summed E-state index contributed by atoms with van der Waals surface area (Å²) < 4.78 is 5.23. The predicted octanol–water partition coefficient (Wildman–Crippen LogP) is 3.03. The molecule has 1 aliphatic heterocycles. The van der Waals surface area contributed by atoms with E-state index in [4.69, 9.17) is 4.74 Å². The third kappa shape index (κ3) is 4.23. The molecule has 0 saturated carbocycles. The number of aryl methyl sites for hydroxylation is 1. The second-order valence-electron chi connectivity index (χ2n) is 6.65. The molecule has 0 radical (unpaired) electrons. The third-order valence-corrected chi connectivity index (χ3v) is 4.79. The summed E-state index contributed by atoms with van der Waals surface area (Å²) in [5, 5.41) is 2.95. The number of likely N-dealkylation sites (tertiary alicyclic amines) is 1. The Morgan fingerprint density at radius 3 is 2.81 bits per heavy atom. The maximum Gasteiger partial charge on any atom is 0.229 e. The molecule has 0 aliphatic carbocycles. The zero-order valence-electron chi connectivity index (χ0n) is 15.2. The second-order valence-corrected chi connectivity index (χ2v) is 6.65. The number of amides is 2. The van der Waals surface area contributed by atoms with E-state index in [9.17, 15) is 9.59 Å². The van der Waals surface area contributed by atoms with Crippen LogP contribution in [0.15, 0.2) is 48.5 Å². The smallest absolute Gasteiger partial charge is 0.229 e. The Bertz CT molecular complexity index is 803. The van der Waals surface area contributed by atoms with Crippen LogP contribution in [-0.4, -0.2) is 36.9 Å². The topological polar surface area (TPSA) is 58.6 Å². The monoisotopic (exact) mass is 352 g/mol. The quantitative estimate of drug-likeness (QED) is 0.869. The molecule has 1 aliphatic rings. The van der Waals surface area contributed by atoms with Crippen molar-refractivity contribution in [3.8, 4) is 5.75 Å². The van der Waals surface area contributed by atoms with Crippen LogP contribution in [0.5, 0.6) is 5.75 Å². The molecule has 2 aromatic rings. The van der Waals surface area contributed by atoms with Crippen LogP contribution in [0.25, 0.3) is 0 Å². The van der Waals surface area contributed by atoms with E-state index in [0.717, 1.165) is 29.0 Å². The molecule has 1 saturated heterocycles. The van der Waals surface area contributed by atoms with E-state index in [1.807, 2.05) is 55.5 Å². The molecule has 0 aromatic heterocycles. The Morgan fingerprint density at radius 2 is 2.04 bits per heavy atom. The number of nitrogens with zero attached hydrogens (tertiary/aromatic N) is 1. The highest BCUT2D eigenvalue weighted by Crippen LogP contribution is 2.22. The molecular weight excluding hydrogens is 328 g/mol. The SMILES string of the molecule is COc1cccc(CCN2CC(C(=O)Nc3ccccc3C)CC2=O)c1. The maximum absolute atomic E-state index is 12.5. The van der Waals surface area contributed by atoms with Crippen LogP contribution in [-0.2, 0) is 16.0 Å². The summed E-state index contributed by atoms with van der Waals surface area (Å²) in [6.45, 7) is 3.04. The van der Waals surface area contributed by atoms with Crippen LogP contribution in [0.2, 0.25) is 0 Å². The van der Waals surface area contributed by atoms with Crippen LogP contribution in [0.4, 0.5) is 5.69 Å². The molecule has 136 valence electrons. The summed E-state index contributed by atoms with van der Waals surface area (Å²) >= 11 is 0. The number of methoxy groups -OCH3 is 1. The van der Waals surface area contributed by atoms with Crippen molar-refractivity contribution in [2.24, 2.45) is 5.92 Å². The third-order valence-electron chi connectivity index (χ3n) is 4.79. The van der Waals surface area contributed by atoms with Crippen molar-refractivity contribution >= 4 is 17.5 Å². The lowest BCUT2D eigenvalue weighted by atomic mass is 10.1. The highest BCUT2D eigenvalue weighted by atomic mass is 16.5. The first-order valence-electron chi connectivity index (χ1n) is 8.84. The summed E-state index contributed by atoms with van der Waals surface area (Å²) in [5.74, 6) is 0.465. The van der Waals surface area contributed by atoms with E-state index in [0.29, 0.717) is 13.1 Å². The minimum absolute atomic E-state index is 0.0397. The van der Waals surface area contributed by atoms with E-state index in [-0.39, 0.29) is 24.2 Å². The number of carbonyl (C=O) groups is 2. The number of para-hydroxylation sites is 1. The molecule has 26 heavy (non-hydrogen) atoms. The first-order valence-corrected chi connectivity index (χ1v) is 8.84. The number of hydrogen-bond acceptors (Lipinski definition) is 3. The summed E-state index contributed by atoms with van der Waals surface area (Å²) in [6, 6.07) is 15.5. The van der Waals surface area contributed by atoms with Gasteiger partial charge in [-0.3, -0.25) is 9.59 Å². The molecule has 2 amide bonds. The molecule has 0 bridgehead atoms. The molecule has 5 heteroatoms. The fourth-order valence-corrected chi connectivity index (χ4v) is 3.20. The fourth-order valence-electron chi connectivity index (χ4n) is 3.20. The van der Waals surface area contributed by atoms with Gasteiger partial charge in [-0.1, -0.05) is 30.3 Å². The van der Waals surface area contributed by atoms with Gasteiger partial charge >= 0.3 is 0 Å². The van der Waals surface area contributed by atoms with Crippen molar-refractivity contribution in [3.63, 3.8) is 0 Å². The van der Waals surface area contributed by atoms with Gasteiger partial charge < -0.3 is 15.0 Å². The molecule has 1 heterocycles. The van der Waals surface area contributed by atoms with Crippen molar-refractivity contribution in [2.75, 3.05) is 25.5 Å². The fraction of sp³-hybridized carbons (Fsp3) is 0.333. The van der Waals surface area contributed by atoms with Gasteiger partial charge in [0.25, 0.3) is 0 Å². The van der Waals surface area contributed by atoms with E-state index < -0.39 is 0 Å². The number of ether oxygens (including phenoxy) is 1. The van der Waals surface area contributed by atoms with Crippen LogP contribution >= 0.6 is 0 Å². The standard InChI is InChI=1S/C21H24N2O3/c1-15-6-3-4-9-19(15)22-21(25)17-13-20(24)23(14-17)11-10-16-7-5-8-18(12-16)26-2/h3-9,12,17H,10-11,13-14H2,1-2H3,(H,22,25). The van der Waals surface area contributed by atoms with E-state index in [1.54, 1.807) is 12.0 Å². The lowest BCUT2D eigenvalue weighted by Gasteiger charge is -2.17.